The third-order valence-corrected chi connectivity index (χ3v) is 0.459. The number of carbonyl (C=O) groups is 1. The molecule has 0 fully saturated rings. The largest absolute Gasteiger partial charge is 0.289 e. The zero-order valence-corrected chi connectivity index (χ0v) is 4.61. The zero-order valence-electron chi connectivity index (χ0n) is 4.61. The summed E-state index contributed by atoms with van der Waals surface area (Å²) in [4.78, 5) is 8.81. The maximum Gasteiger partial charge on any atom is 0.230 e. The second-order valence-corrected chi connectivity index (χ2v) is 1.01. The standard InChI is InChI=1S/C3H4N2.CH3NO2/c1-2-4-5-3-1;3-1-2-4/h1-3H,(H,4,5);1,4H,(H,2,3). The Morgan fingerprint density at radius 2 is 2.44 bits per heavy atom. The summed E-state index contributed by atoms with van der Waals surface area (Å²) >= 11 is 0. The lowest BCUT2D eigenvalue weighted by atomic mass is 10.8. The zero-order chi connectivity index (χ0) is 6.95. The third-order valence-electron chi connectivity index (χ3n) is 0.459. The van der Waals surface area contributed by atoms with Gasteiger partial charge in [-0.2, -0.15) is 5.10 Å². The summed E-state index contributed by atoms with van der Waals surface area (Å²) in [7, 11) is 0. The molecule has 0 aromatic carbocycles. The number of H-pyrrole nitrogens is 1. The Labute approximate surface area is 51.7 Å². The highest BCUT2D eigenvalue weighted by atomic mass is 16.5. The van der Waals surface area contributed by atoms with Gasteiger partial charge in [-0.25, -0.2) is 5.48 Å². The molecular formula is C4H7N3O2. The molecule has 1 heterocycles. The van der Waals surface area contributed by atoms with Crippen molar-refractivity contribution in [3.05, 3.63) is 18.5 Å². The highest BCUT2D eigenvalue weighted by Gasteiger charge is 1.56. The van der Waals surface area contributed by atoms with Crippen LogP contribution in [0.1, 0.15) is 0 Å². The van der Waals surface area contributed by atoms with Crippen LogP contribution in [0.4, 0.5) is 0 Å². The summed E-state index contributed by atoms with van der Waals surface area (Å²) in [5, 5.41) is 13.5. The number of hydrogen-bond donors (Lipinski definition) is 3. The van der Waals surface area contributed by atoms with E-state index in [4.69, 9.17) is 10.0 Å². The van der Waals surface area contributed by atoms with Crippen LogP contribution in [0, 0.1) is 0 Å². The number of nitrogens with one attached hydrogen (secondary N) is 2. The van der Waals surface area contributed by atoms with Crippen LogP contribution in [0.2, 0.25) is 0 Å². The molecule has 0 spiro atoms. The van der Waals surface area contributed by atoms with Gasteiger partial charge in [-0.1, -0.05) is 0 Å². The van der Waals surface area contributed by atoms with E-state index >= 15 is 0 Å². The second kappa shape index (κ2) is 6.64. The molecule has 0 saturated carbocycles. The average Bonchev–Trinajstić information content (AvgIpc) is 2.43. The van der Waals surface area contributed by atoms with Gasteiger partial charge in [-0.05, 0) is 6.07 Å². The van der Waals surface area contributed by atoms with Gasteiger partial charge in [0.25, 0.3) is 0 Å². The number of carbonyl (C=O) groups excluding carboxylic acids is 1. The monoisotopic (exact) mass is 129 g/mol. The molecule has 5 heteroatoms. The predicted octanol–water partition coefficient (Wildman–Crippen LogP) is -0.469. The van der Waals surface area contributed by atoms with Gasteiger partial charge in [0.1, 0.15) is 0 Å². The van der Waals surface area contributed by atoms with E-state index in [1.165, 1.54) is 5.48 Å². The number of hydroxylamine groups is 1. The molecule has 0 unspecified atom stereocenters. The minimum absolute atomic E-state index is 0.181. The van der Waals surface area contributed by atoms with Crippen molar-refractivity contribution in [1.29, 1.82) is 0 Å². The Balaban J connectivity index is 0.000000148. The Morgan fingerprint density at radius 1 is 1.78 bits per heavy atom. The number of nitrogens with zero attached hydrogens (tertiary/aromatic N) is 1. The topological polar surface area (TPSA) is 78.0 Å². The molecule has 50 valence electrons. The van der Waals surface area contributed by atoms with Crippen molar-refractivity contribution in [1.82, 2.24) is 15.7 Å². The summed E-state index contributed by atoms with van der Waals surface area (Å²) < 4.78 is 0. The fraction of sp³-hybridized carbons (Fsp3) is 0. The maximum atomic E-state index is 8.81. The minimum Gasteiger partial charge on any atom is -0.289 e. The average molecular weight is 129 g/mol. The Morgan fingerprint density at radius 3 is 2.56 bits per heavy atom. The van der Waals surface area contributed by atoms with Gasteiger partial charge < -0.3 is 0 Å². The molecule has 5 nitrogen and oxygen atoms in total. The van der Waals surface area contributed by atoms with Crippen molar-refractivity contribution in [2.24, 2.45) is 0 Å². The van der Waals surface area contributed by atoms with Crippen molar-refractivity contribution >= 4 is 6.41 Å². The summed E-state index contributed by atoms with van der Waals surface area (Å²) in [5.74, 6) is 0. The Bertz CT molecular complexity index is 111. The van der Waals surface area contributed by atoms with Gasteiger partial charge in [-0.3, -0.25) is 15.1 Å². The number of aromatic amines is 1. The molecule has 3 N–H and O–H groups in total. The molecule has 1 amide bonds. The van der Waals surface area contributed by atoms with Gasteiger partial charge in [-0.15, -0.1) is 0 Å². The van der Waals surface area contributed by atoms with Crippen LogP contribution >= 0.6 is 0 Å². The maximum absolute atomic E-state index is 8.81. The van der Waals surface area contributed by atoms with Crippen LogP contribution in [-0.4, -0.2) is 21.8 Å². The van der Waals surface area contributed by atoms with Crippen molar-refractivity contribution in [3.63, 3.8) is 0 Å². The second-order valence-electron chi connectivity index (χ2n) is 1.01. The fourth-order valence-electron chi connectivity index (χ4n) is 0.215. The SMILES string of the molecule is O=CNO.c1cn[nH]c1. The first-order valence-corrected chi connectivity index (χ1v) is 2.19. The number of aromatic nitrogens is 2. The van der Waals surface area contributed by atoms with Crippen LogP contribution in [0.3, 0.4) is 0 Å². The van der Waals surface area contributed by atoms with E-state index in [2.05, 4.69) is 10.2 Å². The fourth-order valence-corrected chi connectivity index (χ4v) is 0.215. The Kier molecular flexibility index (Phi) is 5.64. The lowest BCUT2D eigenvalue weighted by Crippen LogP contribution is -1.99. The summed E-state index contributed by atoms with van der Waals surface area (Å²) in [6, 6.07) is 1.83. The van der Waals surface area contributed by atoms with Gasteiger partial charge in [0.15, 0.2) is 0 Å². The molecule has 0 radical (unpaired) electrons. The highest BCUT2D eigenvalue weighted by Crippen LogP contribution is 1.64. The van der Waals surface area contributed by atoms with Crippen molar-refractivity contribution < 1.29 is 10.0 Å². The van der Waals surface area contributed by atoms with Crippen molar-refractivity contribution in [2.75, 3.05) is 0 Å². The lowest BCUT2D eigenvalue weighted by molar-refractivity contribution is -0.116. The van der Waals surface area contributed by atoms with Crippen molar-refractivity contribution in [2.45, 2.75) is 0 Å². The quantitative estimate of drug-likeness (QED) is 0.272. The van der Waals surface area contributed by atoms with E-state index in [1.54, 1.807) is 12.4 Å². The summed E-state index contributed by atoms with van der Waals surface area (Å²) in [5.41, 5.74) is 1.25. The van der Waals surface area contributed by atoms with E-state index in [-0.39, 0.29) is 6.41 Å². The molecule has 1 aromatic rings. The van der Waals surface area contributed by atoms with E-state index in [9.17, 15) is 0 Å². The van der Waals surface area contributed by atoms with Gasteiger partial charge >= 0.3 is 0 Å². The van der Waals surface area contributed by atoms with Crippen LogP contribution in [-0.2, 0) is 4.79 Å². The first kappa shape index (κ1) is 7.64. The Hall–Kier alpha value is -1.36. The van der Waals surface area contributed by atoms with E-state index in [1.807, 2.05) is 6.07 Å². The molecule has 0 aliphatic rings. The molecular weight excluding hydrogens is 122 g/mol. The van der Waals surface area contributed by atoms with E-state index in [0.29, 0.717) is 0 Å². The first-order valence-electron chi connectivity index (χ1n) is 2.19. The van der Waals surface area contributed by atoms with Gasteiger partial charge in [0.05, 0.1) is 0 Å². The van der Waals surface area contributed by atoms with Crippen LogP contribution in [0.15, 0.2) is 18.5 Å². The molecule has 9 heavy (non-hydrogen) atoms. The number of hydrogen-bond acceptors (Lipinski definition) is 3. The van der Waals surface area contributed by atoms with Crippen molar-refractivity contribution in [3.8, 4) is 0 Å². The molecule has 0 aliphatic heterocycles. The molecule has 0 aliphatic carbocycles. The van der Waals surface area contributed by atoms with Crippen LogP contribution in [0.5, 0.6) is 0 Å². The van der Waals surface area contributed by atoms with Crippen LogP contribution in [0.25, 0.3) is 0 Å². The third kappa shape index (κ3) is 6.64. The normalized spacial score (nSPS) is 6.78. The van der Waals surface area contributed by atoms with E-state index in [0.717, 1.165) is 0 Å². The molecule has 1 aromatic heterocycles. The summed E-state index contributed by atoms with van der Waals surface area (Å²) in [6.45, 7) is 0. The predicted molar refractivity (Wildman–Crippen MR) is 29.6 cm³/mol. The first-order chi connectivity index (χ1) is 4.41. The smallest absolute Gasteiger partial charge is 0.230 e. The van der Waals surface area contributed by atoms with Crippen LogP contribution < -0.4 is 5.48 Å². The highest BCUT2D eigenvalue weighted by molar-refractivity contribution is 5.43. The molecule has 1 rings (SSSR count). The van der Waals surface area contributed by atoms with Gasteiger partial charge in [0, 0.05) is 12.4 Å². The number of rotatable bonds is 1. The molecule has 0 bridgehead atoms. The minimum atomic E-state index is 0.181. The lowest BCUT2D eigenvalue weighted by Gasteiger charge is -1.64. The van der Waals surface area contributed by atoms with E-state index < -0.39 is 0 Å². The van der Waals surface area contributed by atoms with Gasteiger partial charge in [0.2, 0.25) is 6.41 Å². The molecule has 0 saturated heterocycles. The summed E-state index contributed by atoms with van der Waals surface area (Å²) in [6.07, 6.45) is 3.64. The number of amides is 1. The molecule has 0 atom stereocenters.